The molecule has 0 spiro atoms. The summed E-state index contributed by atoms with van der Waals surface area (Å²) >= 11 is 10.2. The fraction of sp³-hybridized carbons (Fsp3) is 0.462. The van der Waals surface area contributed by atoms with Crippen LogP contribution in [0.3, 0.4) is 0 Å². The van der Waals surface area contributed by atoms with Crippen LogP contribution in [0, 0.1) is 5.92 Å². The molecular formula is C13H16Br3NO. The molecule has 0 bridgehead atoms. The maximum absolute atomic E-state index is 12.0. The predicted octanol–water partition coefficient (Wildman–Crippen LogP) is 4.75. The van der Waals surface area contributed by atoms with E-state index in [1.54, 1.807) is 0 Å². The Kier molecular flexibility index (Phi) is 7.49. The fourth-order valence-electron chi connectivity index (χ4n) is 1.63. The first-order valence-electron chi connectivity index (χ1n) is 5.87. The Morgan fingerprint density at radius 2 is 1.89 bits per heavy atom. The second-order valence-electron chi connectivity index (χ2n) is 4.12. The molecule has 1 rings (SSSR count). The van der Waals surface area contributed by atoms with Gasteiger partial charge < -0.3 is 5.32 Å². The van der Waals surface area contributed by atoms with E-state index in [0.717, 1.165) is 33.7 Å². The molecule has 0 saturated carbocycles. The highest BCUT2D eigenvalue weighted by atomic mass is 79.9. The minimum absolute atomic E-state index is 0.0231. The highest BCUT2D eigenvalue weighted by Gasteiger charge is 2.10. The highest BCUT2D eigenvalue weighted by Crippen LogP contribution is 2.20. The molecule has 0 aliphatic rings. The van der Waals surface area contributed by atoms with Gasteiger partial charge in [0.15, 0.2) is 0 Å². The van der Waals surface area contributed by atoms with Crippen LogP contribution in [-0.2, 0) is 0 Å². The number of halogens is 3. The van der Waals surface area contributed by atoms with Crippen molar-refractivity contribution in [1.82, 2.24) is 5.32 Å². The van der Waals surface area contributed by atoms with Crippen molar-refractivity contribution in [3.63, 3.8) is 0 Å². The van der Waals surface area contributed by atoms with Crippen molar-refractivity contribution in [3.05, 3.63) is 32.7 Å². The lowest BCUT2D eigenvalue weighted by Crippen LogP contribution is -2.29. The molecule has 1 amide bonds. The molecule has 0 radical (unpaired) electrons. The number of rotatable bonds is 6. The Morgan fingerprint density at radius 3 is 2.39 bits per heavy atom. The van der Waals surface area contributed by atoms with Gasteiger partial charge in [-0.05, 0) is 30.5 Å². The molecule has 5 heteroatoms. The van der Waals surface area contributed by atoms with Gasteiger partial charge >= 0.3 is 0 Å². The third kappa shape index (κ3) is 5.41. The first-order chi connectivity index (χ1) is 8.56. The second kappa shape index (κ2) is 8.33. The van der Waals surface area contributed by atoms with Crippen molar-refractivity contribution in [1.29, 1.82) is 0 Å². The standard InChI is InChI=1S/C13H16Br3NO/c1-2-9(3-4-14)8-17-13(18)10-5-11(15)7-12(16)6-10/h5-7,9H,2-4,8H2,1H3,(H,17,18). The van der Waals surface area contributed by atoms with Crippen LogP contribution in [0.1, 0.15) is 30.1 Å². The fourth-order valence-corrected chi connectivity index (χ4v) is 3.57. The van der Waals surface area contributed by atoms with Crippen LogP contribution >= 0.6 is 47.8 Å². The van der Waals surface area contributed by atoms with Gasteiger partial charge in [-0.2, -0.15) is 0 Å². The summed E-state index contributed by atoms with van der Waals surface area (Å²) < 4.78 is 1.80. The van der Waals surface area contributed by atoms with Gasteiger partial charge in [0.25, 0.3) is 5.91 Å². The van der Waals surface area contributed by atoms with E-state index in [1.165, 1.54) is 0 Å². The number of nitrogens with one attached hydrogen (secondary N) is 1. The lowest BCUT2D eigenvalue weighted by atomic mass is 10.0. The number of benzene rings is 1. The molecule has 1 atom stereocenters. The molecular weight excluding hydrogens is 426 g/mol. The van der Waals surface area contributed by atoms with Crippen molar-refractivity contribution in [3.8, 4) is 0 Å². The van der Waals surface area contributed by atoms with E-state index < -0.39 is 0 Å². The number of amides is 1. The zero-order valence-corrected chi connectivity index (χ0v) is 14.9. The van der Waals surface area contributed by atoms with Gasteiger partial charge in [0.1, 0.15) is 0 Å². The zero-order valence-electron chi connectivity index (χ0n) is 10.2. The largest absolute Gasteiger partial charge is 0.352 e. The van der Waals surface area contributed by atoms with Crippen molar-refractivity contribution in [2.24, 2.45) is 5.92 Å². The van der Waals surface area contributed by atoms with Crippen molar-refractivity contribution in [2.45, 2.75) is 19.8 Å². The van der Waals surface area contributed by atoms with Gasteiger partial charge in [-0.15, -0.1) is 0 Å². The van der Waals surface area contributed by atoms with Crippen LogP contribution in [0.4, 0.5) is 0 Å². The van der Waals surface area contributed by atoms with Gasteiger partial charge in [-0.3, -0.25) is 4.79 Å². The Hall–Kier alpha value is 0.130. The molecule has 18 heavy (non-hydrogen) atoms. The Bertz CT molecular complexity index is 389. The number of carbonyl (C=O) groups excluding carboxylic acids is 1. The third-order valence-corrected chi connectivity index (χ3v) is 4.14. The van der Waals surface area contributed by atoms with Gasteiger partial charge in [-0.1, -0.05) is 61.1 Å². The first-order valence-corrected chi connectivity index (χ1v) is 8.57. The first kappa shape index (κ1) is 16.2. The summed E-state index contributed by atoms with van der Waals surface area (Å²) in [5.74, 6) is 0.508. The van der Waals surface area contributed by atoms with Crippen molar-refractivity contribution < 1.29 is 4.79 Å². The molecule has 0 aliphatic carbocycles. The van der Waals surface area contributed by atoms with Crippen LogP contribution in [0.2, 0.25) is 0 Å². The molecule has 1 unspecified atom stereocenters. The smallest absolute Gasteiger partial charge is 0.251 e. The van der Waals surface area contributed by atoms with E-state index in [9.17, 15) is 4.79 Å². The summed E-state index contributed by atoms with van der Waals surface area (Å²) in [4.78, 5) is 12.0. The molecule has 100 valence electrons. The summed E-state index contributed by atoms with van der Waals surface area (Å²) in [6.45, 7) is 2.88. The molecule has 0 aromatic heterocycles. The Labute approximate surface area is 133 Å². The third-order valence-electron chi connectivity index (χ3n) is 2.77. The topological polar surface area (TPSA) is 29.1 Å². The molecule has 2 nitrogen and oxygen atoms in total. The molecule has 0 fully saturated rings. The Morgan fingerprint density at radius 1 is 1.28 bits per heavy atom. The van der Waals surface area contributed by atoms with Crippen molar-refractivity contribution >= 4 is 53.7 Å². The van der Waals surface area contributed by atoms with Crippen molar-refractivity contribution in [2.75, 3.05) is 11.9 Å². The summed E-state index contributed by atoms with van der Waals surface area (Å²) in [5.41, 5.74) is 0.671. The van der Waals surface area contributed by atoms with Gasteiger partial charge in [0.05, 0.1) is 0 Å². The minimum Gasteiger partial charge on any atom is -0.352 e. The molecule has 1 N–H and O–H groups in total. The van der Waals surface area contributed by atoms with E-state index in [4.69, 9.17) is 0 Å². The van der Waals surface area contributed by atoms with E-state index in [1.807, 2.05) is 18.2 Å². The summed E-state index contributed by atoms with van der Waals surface area (Å²) in [6, 6.07) is 5.56. The predicted molar refractivity (Wildman–Crippen MR) is 86.4 cm³/mol. The molecule has 0 aliphatic heterocycles. The van der Waals surface area contributed by atoms with Crippen LogP contribution in [-0.4, -0.2) is 17.8 Å². The van der Waals surface area contributed by atoms with E-state index >= 15 is 0 Å². The normalized spacial score (nSPS) is 12.2. The van der Waals surface area contributed by atoms with Crippen LogP contribution in [0.15, 0.2) is 27.1 Å². The number of alkyl halides is 1. The van der Waals surface area contributed by atoms with Gasteiger partial charge in [-0.25, -0.2) is 0 Å². The highest BCUT2D eigenvalue weighted by molar-refractivity contribution is 9.11. The van der Waals surface area contributed by atoms with Gasteiger partial charge in [0.2, 0.25) is 0 Å². The van der Waals surface area contributed by atoms with Gasteiger partial charge in [0, 0.05) is 26.4 Å². The molecule has 1 aromatic carbocycles. The molecule has 1 aromatic rings. The molecule has 0 heterocycles. The average molecular weight is 442 g/mol. The lowest BCUT2D eigenvalue weighted by Gasteiger charge is -2.14. The van der Waals surface area contributed by atoms with E-state index in [-0.39, 0.29) is 5.91 Å². The summed E-state index contributed by atoms with van der Waals surface area (Å²) in [5, 5.41) is 3.96. The minimum atomic E-state index is -0.0231. The average Bonchev–Trinajstić information content (AvgIpc) is 2.32. The van der Waals surface area contributed by atoms with Crippen LogP contribution < -0.4 is 5.32 Å². The van der Waals surface area contributed by atoms with Crippen LogP contribution in [0.25, 0.3) is 0 Å². The monoisotopic (exact) mass is 439 g/mol. The zero-order chi connectivity index (χ0) is 13.5. The lowest BCUT2D eigenvalue weighted by molar-refractivity contribution is 0.0946. The summed E-state index contributed by atoms with van der Waals surface area (Å²) in [6.07, 6.45) is 2.16. The summed E-state index contributed by atoms with van der Waals surface area (Å²) in [7, 11) is 0. The van der Waals surface area contributed by atoms with E-state index in [2.05, 4.69) is 60.0 Å². The maximum atomic E-state index is 12.0. The number of hydrogen-bond acceptors (Lipinski definition) is 1. The number of carbonyl (C=O) groups is 1. The quantitative estimate of drug-likeness (QED) is 0.634. The Balaban J connectivity index is 2.59. The second-order valence-corrected chi connectivity index (χ2v) is 6.74. The maximum Gasteiger partial charge on any atom is 0.251 e. The van der Waals surface area contributed by atoms with E-state index in [0.29, 0.717) is 11.5 Å². The molecule has 0 saturated heterocycles. The van der Waals surface area contributed by atoms with Crippen LogP contribution in [0.5, 0.6) is 0 Å². The number of hydrogen-bond donors (Lipinski definition) is 1. The SMILES string of the molecule is CCC(CCBr)CNC(=O)c1cc(Br)cc(Br)c1.